The molecule has 0 aromatic heterocycles. The van der Waals surface area contributed by atoms with Crippen molar-refractivity contribution in [1.82, 2.24) is 0 Å². The molecule has 5 aromatic rings. The highest BCUT2D eigenvalue weighted by atomic mass is 32.2. The van der Waals surface area contributed by atoms with Gasteiger partial charge >= 0.3 is 0 Å². The predicted octanol–water partition coefficient (Wildman–Crippen LogP) is 7.84. The third-order valence-corrected chi connectivity index (χ3v) is 8.31. The van der Waals surface area contributed by atoms with Gasteiger partial charge in [-0.1, -0.05) is 12.1 Å². The van der Waals surface area contributed by atoms with Crippen molar-refractivity contribution in [2.45, 2.75) is 0 Å². The third kappa shape index (κ3) is 6.63. The highest BCUT2D eigenvalue weighted by Gasteiger charge is 2.52. The lowest BCUT2D eigenvalue weighted by atomic mass is 9.12. The van der Waals surface area contributed by atoms with Crippen molar-refractivity contribution in [3.8, 4) is 5.75 Å². The van der Waals surface area contributed by atoms with Crippen LogP contribution in [0.5, 0.6) is 5.75 Å². The van der Waals surface area contributed by atoms with Gasteiger partial charge in [0.05, 0.1) is 0 Å². The molecule has 24 heteroatoms. The lowest BCUT2D eigenvalue weighted by molar-refractivity contribution is 0.378. The summed E-state index contributed by atoms with van der Waals surface area (Å²) in [5.41, 5.74) is -14.3. The van der Waals surface area contributed by atoms with E-state index in [9.17, 15) is 57.1 Å². The van der Waals surface area contributed by atoms with E-state index in [1.807, 2.05) is 12.5 Å². The second kappa shape index (κ2) is 15.8. The first-order chi connectivity index (χ1) is 25.9. The molecule has 5 rings (SSSR count). The van der Waals surface area contributed by atoms with Gasteiger partial charge in [0.2, 0.25) is 5.75 Å². The Kier molecular flexibility index (Phi) is 12.3. The Hall–Kier alpha value is -5.16. The average Bonchev–Trinajstić information content (AvgIpc) is 3.15. The molecule has 1 nitrogen and oxygen atoms in total. The fraction of sp³-hybridized carbons (Fsp3) is 0.0625. The summed E-state index contributed by atoms with van der Waals surface area (Å²) in [6.07, 6.45) is -3.43. The maximum atomic E-state index is 15.4. The second-order valence-electron chi connectivity index (χ2n) is 11.1. The van der Waals surface area contributed by atoms with E-state index in [4.69, 9.17) is 4.18 Å². The number of hydrogen-bond acceptors (Lipinski definition) is 1. The number of rotatable bonds is 6. The summed E-state index contributed by atoms with van der Waals surface area (Å²) in [5, 5.41) is 0. The summed E-state index contributed by atoms with van der Waals surface area (Å²) in [7, 11) is 0. The molecule has 0 saturated heterocycles. The van der Waals surface area contributed by atoms with Gasteiger partial charge in [-0.25, -0.2) is 92.2 Å². The molecular weight excluding hydrogens is 842 g/mol. The highest BCUT2D eigenvalue weighted by Crippen LogP contribution is 2.30. The van der Waals surface area contributed by atoms with Crippen LogP contribution < -0.4 is 26.0 Å². The minimum absolute atomic E-state index is 0.217. The average molecular weight is 852 g/mol. The molecule has 0 amide bonds. The molecule has 0 heterocycles. The van der Waals surface area contributed by atoms with Gasteiger partial charge in [-0.2, -0.15) is 0 Å². The van der Waals surface area contributed by atoms with Crippen LogP contribution in [-0.2, 0) is 11.2 Å². The first-order valence-corrected chi connectivity index (χ1v) is 16.1. The first kappa shape index (κ1) is 43.6. The van der Waals surface area contributed by atoms with E-state index in [2.05, 4.69) is 0 Å². The van der Waals surface area contributed by atoms with Crippen LogP contribution >= 0.6 is 0 Å². The van der Waals surface area contributed by atoms with E-state index in [0.29, 0.717) is 5.75 Å². The minimum Gasteiger partial charge on any atom is -0.283 e. The van der Waals surface area contributed by atoms with Gasteiger partial charge in [0.25, 0.3) is 0 Å². The van der Waals surface area contributed by atoms with Crippen LogP contribution in [0.2, 0.25) is 0 Å². The number of halogens is 21. The van der Waals surface area contributed by atoms with Crippen molar-refractivity contribution < 1.29 is 96.4 Å². The van der Waals surface area contributed by atoms with Gasteiger partial charge in [0, 0.05) is 0 Å². The molecule has 0 atom stereocenters. The Morgan fingerprint density at radius 3 is 0.714 bits per heavy atom. The van der Waals surface area contributed by atoms with E-state index in [0.717, 1.165) is 0 Å². The quantitative estimate of drug-likeness (QED) is 0.0557. The minimum atomic E-state index is -7.22. The van der Waals surface area contributed by atoms with Gasteiger partial charge in [-0.05, 0) is 12.1 Å². The van der Waals surface area contributed by atoms with E-state index in [1.54, 1.807) is 18.2 Å². The maximum Gasteiger partial charge on any atom is 0.222 e. The zero-order chi connectivity index (χ0) is 42.6. The van der Waals surface area contributed by atoms with Crippen molar-refractivity contribution in [2.75, 3.05) is 12.5 Å². The van der Waals surface area contributed by atoms with Crippen LogP contribution in [0, 0.1) is 122 Å². The van der Waals surface area contributed by atoms with Crippen LogP contribution in [0.4, 0.5) is 92.2 Å². The van der Waals surface area contributed by atoms with Crippen LogP contribution in [0.25, 0.3) is 0 Å². The monoisotopic (exact) mass is 852 g/mol. The van der Waals surface area contributed by atoms with Crippen molar-refractivity contribution >= 4 is 39.2 Å². The number of para-hydroxylation sites is 1. The molecule has 56 heavy (non-hydrogen) atoms. The normalized spacial score (nSPS) is 11.6. The summed E-state index contributed by atoms with van der Waals surface area (Å²) >= 11 is -0.217. The molecule has 0 aliphatic rings. The van der Waals surface area contributed by atoms with Gasteiger partial charge in [0.1, 0.15) is 65.2 Å². The number of hydrogen-bond donors (Lipinski definition) is 0. The summed E-state index contributed by atoms with van der Waals surface area (Å²) in [5.74, 6) is -71.4. The summed E-state index contributed by atoms with van der Waals surface area (Å²) in [6, 6.07) is 6.42. The van der Waals surface area contributed by atoms with Crippen molar-refractivity contribution in [2.24, 2.45) is 0 Å². The van der Waals surface area contributed by atoms with E-state index in [-0.39, 0.29) is 17.0 Å². The summed E-state index contributed by atoms with van der Waals surface area (Å²) in [4.78, 5) is 0. The zero-order valence-electron chi connectivity index (χ0n) is 26.6. The van der Waals surface area contributed by atoms with Crippen LogP contribution in [0.1, 0.15) is 0 Å². The van der Waals surface area contributed by atoms with Crippen LogP contribution in [-0.4, -0.2) is 18.7 Å². The van der Waals surface area contributed by atoms with Crippen molar-refractivity contribution in [1.29, 1.82) is 0 Å². The molecule has 300 valence electrons. The SMILES string of the molecule is C[S+](C)Oc1ccccc1F.Fc1c(F)c(F)c([B-](c2c(F)c(F)c(F)c(F)c2F)(c2c(F)c(F)c(F)c(F)c2F)c2c(F)c(F)c(F)c(F)c2F)c(F)c1F. The van der Waals surface area contributed by atoms with E-state index >= 15 is 35.1 Å². The summed E-state index contributed by atoms with van der Waals surface area (Å²) in [6.45, 7) is 0. The molecule has 0 spiro atoms. The Balaban J connectivity index is 0.000000544. The largest absolute Gasteiger partial charge is 0.283 e. The van der Waals surface area contributed by atoms with Gasteiger partial charge < -0.3 is 0 Å². The Labute approximate surface area is 300 Å². The van der Waals surface area contributed by atoms with Gasteiger partial charge in [-0.3, -0.25) is 4.18 Å². The lowest BCUT2D eigenvalue weighted by Crippen LogP contribution is -2.81. The zero-order valence-corrected chi connectivity index (χ0v) is 27.5. The van der Waals surface area contributed by atoms with Gasteiger partial charge in [-0.15, -0.1) is 21.9 Å². The fourth-order valence-electron chi connectivity index (χ4n) is 5.57. The molecule has 0 N–H and O–H groups in total. The smallest absolute Gasteiger partial charge is 0.222 e. The van der Waals surface area contributed by atoms with E-state index < -0.39 is 144 Å². The second-order valence-corrected chi connectivity index (χ2v) is 12.7. The third-order valence-electron chi connectivity index (χ3n) is 7.80. The molecule has 0 fully saturated rings. The standard InChI is InChI=1S/C24BF20.C8H10FOS/c26-5-1(6(27)14(35)21(42)13(5)34)25(2-7(28)15(36)22(43)16(37)8(2)29,3-9(30)17(38)23(44)18(39)10(3)31)4-11(32)19(40)24(45)20(41)12(4)33;1-11(2)10-8-6-4-3-5-7(8)9/h;3-6H,1-2H3/q-1;+1. The topological polar surface area (TPSA) is 9.23 Å². The Morgan fingerprint density at radius 1 is 0.321 bits per heavy atom. The van der Waals surface area contributed by atoms with Crippen molar-refractivity contribution in [3.05, 3.63) is 146 Å². The molecule has 0 unspecified atom stereocenters. The Bertz CT molecular complexity index is 2020. The van der Waals surface area contributed by atoms with Crippen LogP contribution in [0.15, 0.2) is 24.3 Å². The molecule has 0 saturated carbocycles. The molecule has 5 aromatic carbocycles. The first-order valence-electron chi connectivity index (χ1n) is 14.1. The van der Waals surface area contributed by atoms with Gasteiger partial charge in [0.15, 0.2) is 86.8 Å². The number of benzene rings is 5. The molecule has 0 aliphatic heterocycles. The highest BCUT2D eigenvalue weighted by molar-refractivity contribution is 7.91. The maximum absolute atomic E-state index is 15.4. The van der Waals surface area contributed by atoms with E-state index in [1.165, 1.54) is 6.07 Å². The van der Waals surface area contributed by atoms with Crippen molar-refractivity contribution in [3.63, 3.8) is 0 Å². The predicted molar refractivity (Wildman–Crippen MR) is 155 cm³/mol. The summed E-state index contributed by atoms with van der Waals surface area (Å²) < 4.78 is 312. The molecule has 0 bridgehead atoms. The fourth-order valence-corrected chi connectivity index (χ4v) is 6.06. The molecule has 0 aliphatic carbocycles. The lowest BCUT2D eigenvalue weighted by Gasteiger charge is -2.44. The van der Waals surface area contributed by atoms with Crippen LogP contribution in [0.3, 0.4) is 0 Å². The molecule has 0 radical (unpaired) electrons. The molecular formula is C32H10BF21OS. The Morgan fingerprint density at radius 2 is 0.518 bits per heavy atom.